The Kier molecular flexibility index (Phi) is 5.14. The molecule has 1 N–H and O–H groups in total. The van der Waals surface area contributed by atoms with Gasteiger partial charge in [0.2, 0.25) is 5.91 Å². The Labute approximate surface area is 108 Å². The average Bonchev–Trinajstić information content (AvgIpc) is 2.29. The van der Waals surface area contributed by atoms with E-state index in [1.165, 1.54) is 4.90 Å². The largest absolute Gasteiger partial charge is 0.480 e. The van der Waals surface area contributed by atoms with E-state index in [-0.39, 0.29) is 11.8 Å². The number of aliphatic carboxylic acids is 1. The number of piperidine rings is 1. The lowest BCUT2D eigenvalue weighted by Gasteiger charge is -2.42. The number of amides is 1. The zero-order chi connectivity index (χ0) is 13.8. The molecule has 1 fully saturated rings. The summed E-state index contributed by atoms with van der Waals surface area (Å²) in [5, 5.41) is 9.34. The molecule has 0 bridgehead atoms. The third-order valence-electron chi connectivity index (χ3n) is 3.63. The number of carboxylic acids is 1. The van der Waals surface area contributed by atoms with Crippen molar-refractivity contribution in [1.82, 2.24) is 4.90 Å². The van der Waals surface area contributed by atoms with Crippen LogP contribution in [0.15, 0.2) is 0 Å². The van der Waals surface area contributed by atoms with Crippen molar-refractivity contribution in [1.29, 1.82) is 0 Å². The molecular weight excluding hydrogens is 234 g/mol. The Morgan fingerprint density at radius 3 is 2.67 bits per heavy atom. The molecule has 1 rings (SSSR count). The topological polar surface area (TPSA) is 66.8 Å². The number of hydrogen-bond acceptors (Lipinski definition) is 3. The van der Waals surface area contributed by atoms with Gasteiger partial charge >= 0.3 is 5.97 Å². The van der Waals surface area contributed by atoms with Crippen LogP contribution in [0.1, 0.15) is 39.5 Å². The van der Waals surface area contributed by atoms with Crippen molar-refractivity contribution in [2.75, 3.05) is 20.3 Å². The van der Waals surface area contributed by atoms with E-state index in [1.54, 1.807) is 14.0 Å². The summed E-state index contributed by atoms with van der Waals surface area (Å²) in [6.45, 7) is 4.64. The Balaban J connectivity index is 2.72. The summed E-state index contributed by atoms with van der Waals surface area (Å²) in [5.74, 6) is -0.874. The Morgan fingerprint density at radius 2 is 2.11 bits per heavy atom. The zero-order valence-electron chi connectivity index (χ0n) is 11.4. The molecule has 0 aromatic rings. The second-order valence-electron chi connectivity index (χ2n) is 5.35. The molecule has 5 nitrogen and oxygen atoms in total. The van der Waals surface area contributed by atoms with Gasteiger partial charge in [-0.15, -0.1) is 0 Å². The molecule has 0 aromatic carbocycles. The molecule has 1 amide bonds. The maximum atomic E-state index is 12.2. The van der Waals surface area contributed by atoms with Crippen molar-refractivity contribution in [2.45, 2.75) is 45.1 Å². The quantitative estimate of drug-likeness (QED) is 0.810. The lowest BCUT2D eigenvalue weighted by molar-refractivity contribution is -0.161. The molecule has 1 heterocycles. The fourth-order valence-corrected chi connectivity index (χ4v) is 2.49. The second-order valence-corrected chi connectivity index (χ2v) is 5.35. The van der Waals surface area contributed by atoms with Crippen molar-refractivity contribution in [3.05, 3.63) is 0 Å². The molecule has 1 aliphatic rings. The molecule has 0 radical (unpaired) electrons. The molecule has 0 aromatic heterocycles. The highest BCUT2D eigenvalue weighted by Crippen LogP contribution is 2.29. The number of nitrogens with zero attached hydrogens (tertiary/aromatic N) is 1. The molecule has 2 unspecified atom stereocenters. The standard InChI is InChI=1S/C13H23NO4/c1-10(9-18-3)8-11(15)14-7-5-4-6-13(14,2)12(16)17/h10H,4-9H2,1-3H3,(H,16,17). The monoisotopic (exact) mass is 257 g/mol. The first-order valence-corrected chi connectivity index (χ1v) is 6.44. The average molecular weight is 257 g/mol. The van der Waals surface area contributed by atoms with E-state index >= 15 is 0 Å². The second kappa shape index (κ2) is 6.18. The highest BCUT2D eigenvalue weighted by atomic mass is 16.5. The van der Waals surface area contributed by atoms with E-state index < -0.39 is 11.5 Å². The first kappa shape index (κ1) is 15.0. The minimum atomic E-state index is -1.04. The maximum Gasteiger partial charge on any atom is 0.329 e. The third kappa shape index (κ3) is 3.22. The van der Waals surface area contributed by atoms with E-state index in [0.717, 1.165) is 12.8 Å². The van der Waals surface area contributed by atoms with Crippen molar-refractivity contribution < 1.29 is 19.4 Å². The van der Waals surface area contributed by atoms with Crippen molar-refractivity contribution >= 4 is 11.9 Å². The molecular formula is C13H23NO4. The minimum absolute atomic E-state index is 0.0795. The molecule has 1 saturated heterocycles. The van der Waals surface area contributed by atoms with Crippen LogP contribution in [0.25, 0.3) is 0 Å². The number of likely N-dealkylation sites (tertiary alicyclic amines) is 1. The highest BCUT2D eigenvalue weighted by molar-refractivity contribution is 5.87. The van der Waals surface area contributed by atoms with Gasteiger partial charge < -0.3 is 14.7 Å². The predicted molar refractivity (Wildman–Crippen MR) is 67.3 cm³/mol. The molecule has 2 atom stereocenters. The molecule has 0 spiro atoms. The fourth-order valence-electron chi connectivity index (χ4n) is 2.49. The van der Waals surface area contributed by atoms with Crippen LogP contribution in [0.4, 0.5) is 0 Å². The van der Waals surface area contributed by atoms with Gasteiger partial charge in [0.25, 0.3) is 0 Å². The van der Waals surface area contributed by atoms with Gasteiger partial charge in [-0.2, -0.15) is 0 Å². The van der Waals surface area contributed by atoms with Gasteiger partial charge in [0.1, 0.15) is 5.54 Å². The smallest absolute Gasteiger partial charge is 0.329 e. The van der Waals surface area contributed by atoms with Crippen LogP contribution in [0.2, 0.25) is 0 Å². The first-order chi connectivity index (χ1) is 8.41. The number of ether oxygens (including phenoxy) is 1. The van der Waals surface area contributed by atoms with Gasteiger partial charge in [0, 0.05) is 26.7 Å². The normalized spacial score (nSPS) is 25.8. The van der Waals surface area contributed by atoms with Crippen LogP contribution in [-0.2, 0) is 14.3 Å². The van der Waals surface area contributed by atoms with E-state index in [2.05, 4.69) is 0 Å². The van der Waals surface area contributed by atoms with Gasteiger partial charge in [-0.05, 0) is 32.1 Å². The van der Waals surface area contributed by atoms with Crippen LogP contribution in [0.5, 0.6) is 0 Å². The third-order valence-corrected chi connectivity index (χ3v) is 3.63. The summed E-state index contributed by atoms with van der Waals surface area (Å²) in [4.78, 5) is 25.1. The van der Waals surface area contributed by atoms with E-state index in [4.69, 9.17) is 4.74 Å². The summed E-state index contributed by atoms with van der Waals surface area (Å²) in [6, 6.07) is 0. The number of methoxy groups -OCH3 is 1. The summed E-state index contributed by atoms with van der Waals surface area (Å²) in [7, 11) is 1.60. The predicted octanol–water partition coefficient (Wildman–Crippen LogP) is 1.51. The van der Waals surface area contributed by atoms with Crippen LogP contribution >= 0.6 is 0 Å². The van der Waals surface area contributed by atoms with Crippen molar-refractivity contribution in [3.63, 3.8) is 0 Å². The number of hydrogen-bond donors (Lipinski definition) is 1. The Bertz CT molecular complexity index is 318. The van der Waals surface area contributed by atoms with Gasteiger partial charge in [-0.3, -0.25) is 4.79 Å². The number of carbonyl (C=O) groups is 2. The van der Waals surface area contributed by atoms with Crippen LogP contribution in [-0.4, -0.2) is 47.7 Å². The van der Waals surface area contributed by atoms with Crippen molar-refractivity contribution in [3.8, 4) is 0 Å². The maximum absolute atomic E-state index is 12.2. The van der Waals surface area contributed by atoms with Gasteiger partial charge in [-0.1, -0.05) is 6.92 Å². The lowest BCUT2D eigenvalue weighted by Crippen LogP contribution is -2.57. The number of rotatable bonds is 5. The summed E-state index contributed by atoms with van der Waals surface area (Å²) >= 11 is 0. The van der Waals surface area contributed by atoms with Gasteiger partial charge in [0.05, 0.1) is 0 Å². The Morgan fingerprint density at radius 1 is 1.44 bits per heavy atom. The van der Waals surface area contributed by atoms with Gasteiger partial charge in [0.15, 0.2) is 0 Å². The highest BCUT2D eigenvalue weighted by Gasteiger charge is 2.43. The summed E-state index contributed by atoms with van der Waals surface area (Å²) < 4.78 is 5.00. The Hall–Kier alpha value is -1.10. The fraction of sp³-hybridized carbons (Fsp3) is 0.846. The van der Waals surface area contributed by atoms with Crippen molar-refractivity contribution in [2.24, 2.45) is 5.92 Å². The van der Waals surface area contributed by atoms with Crippen LogP contribution in [0.3, 0.4) is 0 Å². The molecule has 1 aliphatic heterocycles. The molecule has 104 valence electrons. The molecule has 18 heavy (non-hydrogen) atoms. The summed E-state index contributed by atoms with van der Waals surface area (Å²) in [6.07, 6.45) is 2.62. The van der Waals surface area contributed by atoms with E-state index in [1.807, 2.05) is 6.92 Å². The molecule has 0 saturated carbocycles. The molecule has 5 heteroatoms. The van der Waals surface area contributed by atoms with E-state index in [0.29, 0.717) is 26.0 Å². The van der Waals surface area contributed by atoms with Crippen LogP contribution < -0.4 is 0 Å². The van der Waals surface area contributed by atoms with Gasteiger partial charge in [-0.25, -0.2) is 4.79 Å². The number of carbonyl (C=O) groups excluding carboxylic acids is 1. The SMILES string of the molecule is COCC(C)CC(=O)N1CCCCC1(C)C(=O)O. The van der Waals surface area contributed by atoms with Crippen LogP contribution in [0, 0.1) is 5.92 Å². The lowest BCUT2D eigenvalue weighted by atomic mass is 9.87. The van der Waals surface area contributed by atoms with E-state index in [9.17, 15) is 14.7 Å². The molecule has 0 aliphatic carbocycles. The minimum Gasteiger partial charge on any atom is -0.480 e. The summed E-state index contributed by atoms with van der Waals surface area (Å²) in [5.41, 5.74) is -1.04. The zero-order valence-corrected chi connectivity index (χ0v) is 11.4. The first-order valence-electron chi connectivity index (χ1n) is 6.44. The number of carboxylic acid groups (broad SMARTS) is 1.